The third kappa shape index (κ3) is 5.64. The van der Waals surface area contributed by atoms with E-state index in [-0.39, 0.29) is 5.69 Å². The fourth-order valence-corrected chi connectivity index (χ4v) is 4.01. The molecule has 0 aliphatic heterocycles. The number of hydrogen-bond donors (Lipinski definition) is 0. The standard InChI is InChI=1S/C29H24N6O3/c1-20-25(32-29(38-20)22-10-4-2-5-11-22)15-16-37-24-14-8-9-21(17-24)18-26-28(27(36)19-31-30)34-35(33-26)23-12-6-3-7-13-23/h2-14,17,19H,15-16,18H2,1H3. The lowest BCUT2D eigenvalue weighted by Crippen LogP contribution is -2.07. The van der Waals surface area contributed by atoms with Crippen LogP contribution < -0.4 is 4.74 Å². The first kappa shape index (κ1) is 24.5. The lowest BCUT2D eigenvalue weighted by molar-refractivity contribution is 0.00228. The number of para-hydroxylation sites is 1. The summed E-state index contributed by atoms with van der Waals surface area (Å²) in [5, 5.41) is 8.87. The van der Waals surface area contributed by atoms with Gasteiger partial charge < -0.3 is 14.7 Å². The van der Waals surface area contributed by atoms with Gasteiger partial charge in [-0.3, -0.25) is 4.79 Å². The Morgan fingerprint density at radius 2 is 1.76 bits per heavy atom. The van der Waals surface area contributed by atoms with Gasteiger partial charge in [-0.25, -0.2) is 4.98 Å². The summed E-state index contributed by atoms with van der Waals surface area (Å²) in [5.74, 6) is 1.52. The SMILES string of the molecule is Cc1oc(-c2ccccc2)nc1CCOc1cccc(Cc2nn(-c3ccccc3)nc2C(=O)C=[N+]=[N-])c1. The number of hydrogen-bond acceptors (Lipinski definition) is 6. The summed E-state index contributed by atoms with van der Waals surface area (Å²) in [5.41, 5.74) is 12.8. The number of carbonyl (C=O) groups is 1. The predicted molar refractivity (Wildman–Crippen MR) is 140 cm³/mol. The molecule has 0 spiro atoms. The Bertz CT molecular complexity index is 1600. The van der Waals surface area contributed by atoms with Crippen molar-refractivity contribution in [2.24, 2.45) is 0 Å². The Morgan fingerprint density at radius 3 is 2.53 bits per heavy atom. The van der Waals surface area contributed by atoms with Crippen LogP contribution in [0.2, 0.25) is 0 Å². The van der Waals surface area contributed by atoms with Crippen molar-refractivity contribution in [3.05, 3.63) is 119 Å². The summed E-state index contributed by atoms with van der Waals surface area (Å²) >= 11 is 0. The molecule has 0 bridgehead atoms. The lowest BCUT2D eigenvalue weighted by Gasteiger charge is -2.07. The van der Waals surface area contributed by atoms with E-state index in [0.717, 1.165) is 28.8 Å². The molecule has 0 aliphatic carbocycles. The van der Waals surface area contributed by atoms with Gasteiger partial charge >= 0.3 is 6.21 Å². The van der Waals surface area contributed by atoms with Crippen molar-refractivity contribution in [1.82, 2.24) is 20.0 Å². The summed E-state index contributed by atoms with van der Waals surface area (Å²) in [6, 6.07) is 26.7. The van der Waals surface area contributed by atoms with Crippen LogP contribution in [-0.2, 0) is 12.8 Å². The van der Waals surface area contributed by atoms with Gasteiger partial charge in [0.25, 0.3) is 5.78 Å². The Hall–Kier alpha value is -5.14. The average molecular weight is 505 g/mol. The molecule has 0 atom stereocenters. The van der Waals surface area contributed by atoms with Crippen LogP contribution in [0.4, 0.5) is 0 Å². The number of ketones is 1. The van der Waals surface area contributed by atoms with Crippen LogP contribution in [0, 0.1) is 6.92 Å². The summed E-state index contributed by atoms with van der Waals surface area (Å²) < 4.78 is 11.8. The molecule has 9 heteroatoms. The second kappa shape index (κ2) is 11.3. The van der Waals surface area contributed by atoms with Crippen LogP contribution in [-0.4, -0.2) is 43.4 Å². The Balaban J connectivity index is 1.29. The molecular formula is C29H24N6O3. The fourth-order valence-electron chi connectivity index (χ4n) is 4.01. The molecule has 0 aliphatic rings. The Kier molecular flexibility index (Phi) is 7.29. The van der Waals surface area contributed by atoms with Crippen LogP contribution in [0.5, 0.6) is 5.75 Å². The molecule has 0 N–H and O–H groups in total. The topological polar surface area (TPSA) is 119 Å². The minimum atomic E-state index is -0.532. The number of rotatable bonds is 10. The van der Waals surface area contributed by atoms with Gasteiger partial charge in [0.05, 0.1) is 23.7 Å². The van der Waals surface area contributed by atoms with Crippen molar-refractivity contribution in [2.45, 2.75) is 19.8 Å². The number of aromatic nitrogens is 4. The van der Waals surface area contributed by atoms with Gasteiger partial charge in [0.15, 0.2) is 5.69 Å². The highest BCUT2D eigenvalue weighted by atomic mass is 16.5. The van der Waals surface area contributed by atoms with Gasteiger partial charge in [-0.05, 0) is 48.9 Å². The maximum Gasteiger partial charge on any atom is 0.329 e. The highest BCUT2D eigenvalue weighted by Crippen LogP contribution is 2.23. The van der Waals surface area contributed by atoms with Crippen LogP contribution in [0.1, 0.15) is 33.2 Å². The third-order valence-electron chi connectivity index (χ3n) is 5.87. The zero-order chi connectivity index (χ0) is 26.3. The van der Waals surface area contributed by atoms with E-state index < -0.39 is 5.78 Å². The zero-order valence-electron chi connectivity index (χ0n) is 20.7. The van der Waals surface area contributed by atoms with Crippen LogP contribution in [0.15, 0.2) is 89.3 Å². The second-order valence-corrected chi connectivity index (χ2v) is 8.54. The van der Waals surface area contributed by atoms with Crippen molar-refractivity contribution in [2.75, 3.05) is 6.61 Å². The van der Waals surface area contributed by atoms with Crippen LogP contribution >= 0.6 is 0 Å². The number of aryl methyl sites for hydroxylation is 1. The van der Waals surface area contributed by atoms with Gasteiger partial charge in [0, 0.05) is 18.4 Å². The molecule has 2 aromatic heterocycles. The zero-order valence-corrected chi connectivity index (χ0v) is 20.7. The first-order chi connectivity index (χ1) is 18.6. The van der Waals surface area contributed by atoms with Crippen molar-refractivity contribution in [3.8, 4) is 22.9 Å². The van der Waals surface area contributed by atoms with Gasteiger partial charge in [0.1, 0.15) is 11.5 Å². The Labute approximate surface area is 219 Å². The number of Topliss-reactive ketones (excluding diaryl/α,β-unsaturated/α-hetero) is 1. The summed E-state index contributed by atoms with van der Waals surface area (Å²) in [6.07, 6.45) is 1.75. The van der Waals surface area contributed by atoms with E-state index >= 15 is 0 Å². The van der Waals surface area contributed by atoms with Crippen molar-refractivity contribution in [3.63, 3.8) is 0 Å². The van der Waals surface area contributed by atoms with Gasteiger partial charge in [0.2, 0.25) is 5.89 Å². The maximum absolute atomic E-state index is 12.5. The number of carbonyl (C=O) groups excluding carboxylic acids is 1. The van der Waals surface area contributed by atoms with Gasteiger partial charge in [-0.15, -0.1) is 5.10 Å². The first-order valence-corrected chi connectivity index (χ1v) is 12.1. The first-order valence-electron chi connectivity index (χ1n) is 12.1. The minimum Gasteiger partial charge on any atom is -0.493 e. The van der Waals surface area contributed by atoms with E-state index in [1.54, 1.807) is 0 Å². The molecule has 0 saturated heterocycles. The molecule has 5 aromatic rings. The quantitative estimate of drug-likeness (QED) is 0.115. The lowest BCUT2D eigenvalue weighted by atomic mass is 10.1. The molecule has 3 aromatic carbocycles. The van der Waals surface area contributed by atoms with Crippen LogP contribution in [0.3, 0.4) is 0 Å². The molecular weight excluding hydrogens is 480 g/mol. The summed E-state index contributed by atoms with van der Waals surface area (Å²) in [7, 11) is 0. The molecule has 0 unspecified atom stereocenters. The van der Waals surface area contributed by atoms with Crippen molar-refractivity contribution >= 4 is 12.0 Å². The summed E-state index contributed by atoms with van der Waals surface area (Å²) in [4.78, 5) is 21.4. The molecule has 0 amide bonds. The van der Waals surface area contributed by atoms with E-state index in [4.69, 9.17) is 14.7 Å². The smallest absolute Gasteiger partial charge is 0.329 e. The molecule has 0 saturated carbocycles. The minimum absolute atomic E-state index is 0.119. The predicted octanol–water partition coefficient (Wildman–Crippen LogP) is 4.93. The highest BCUT2D eigenvalue weighted by Gasteiger charge is 2.21. The van der Waals surface area contributed by atoms with E-state index in [9.17, 15) is 4.79 Å². The highest BCUT2D eigenvalue weighted by molar-refractivity contribution is 6.33. The van der Waals surface area contributed by atoms with Crippen molar-refractivity contribution in [1.29, 1.82) is 0 Å². The van der Waals surface area contributed by atoms with E-state index in [1.807, 2.05) is 91.9 Å². The third-order valence-corrected chi connectivity index (χ3v) is 5.87. The van der Waals surface area contributed by atoms with E-state index in [2.05, 4.69) is 20.0 Å². The molecule has 2 heterocycles. The maximum atomic E-state index is 12.5. The molecule has 38 heavy (non-hydrogen) atoms. The number of ether oxygens (including phenoxy) is 1. The van der Waals surface area contributed by atoms with E-state index in [1.165, 1.54) is 4.80 Å². The fraction of sp³-hybridized carbons (Fsp3) is 0.138. The normalized spacial score (nSPS) is 10.7. The van der Waals surface area contributed by atoms with Gasteiger partial charge in [-0.1, -0.05) is 48.5 Å². The number of nitrogens with zero attached hydrogens (tertiary/aromatic N) is 6. The molecule has 188 valence electrons. The van der Waals surface area contributed by atoms with Crippen molar-refractivity contribution < 1.29 is 18.7 Å². The molecule has 5 rings (SSSR count). The molecule has 0 radical (unpaired) electrons. The average Bonchev–Trinajstić information content (AvgIpc) is 3.54. The number of oxazole rings is 1. The largest absolute Gasteiger partial charge is 0.493 e. The van der Waals surface area contributed by atoms with Gasteiger partial charge in [-0.2, -0.15) is 14.7 Å². The Morgan fingerprint density at radius 1 is 1.00 bits per heavy atom. The summed E-state index contributed by atoms with van der Waals surface area (Å²) in [6.45, 7) is 2.32. The molecule has 9 nitrogen and oxygen atoms in total. The monoisotopic (exact) mass is 504 g/mol. The molecule has 0 fully saturated rings. The van der Waals surface area contributed by atoms with E-state index in [0.29, 0.717) is 42.5 Å². The number of benzene rings is 3. The second-order valence-electron chi connectivity index (χ2n) is 8.54. The van der Waals surface area contributed by atoms with Crippen LogP contribution in [0.25, 0.3) is 22.7 Å².